The molecule has 5 nitrogen and oxygen atoms in total. The average molecular weight is 288 g/mol. The van der Waals surface area contributed by atoms with Crippen molar-refractivity contribution in [2.75, 3.05) is 11.9 Å². The molecule has 6 heteroatoms. The maximum Gasteiger partial charge on any atom is 0.257 e. The van der Waals surface area contributed by atoms with Crippen LogP contribution in [0.25, 0.3) is 0 Å². The molecule has 0 aliphatic carbocycles. The minimum Gasteiger partial charge on any atom is -0.384 e. The number of amides is 1. The van der Waals surface area contributed by atoms with Crippen LogP contribution in [0.1, 0.15) is 15.9 Å². The van der Waals surface area contributed by atoms with Gasteiger partial charge in [-0.1, -0.05) is 23.4 Å². The summed E-state index contributed by atoms with van der Waals surface area (Å²) in [6.07, 6.45) is 2.79. The van der Waals surface area contributed by atoms with Gasteiger partial charge in [0.05, 0.1) is 23.6 Å². The molecule has 0 saturated heterocycles. The number of aromatic nitrogens is 2. The Kier molecular flexibility index (Phi) is 4.66. The van der Waals surface area contributed by atoms with E-state index >= 15 is 0 Å². The summed E-state index contributed by atoms with van der Waals surface area (Å²) in [6.45, 7) is -0.260. The zero-order chi connectivity index (χ0) is 14.4. The molecule has 0 atom stereocenters. The van der Waals surface area contributed by atoms with Crippen LogP contribution in [0.2, 0.25) is 5.02 Å². The van der Waals surface area contributed by atoms with Gasteiger partial charge in [-0.25, -0.2) is 0 Å². The Labute approximate surface area is 120 Å². The minimum atomic E-state index is -0.339. The monoisotopic (exact) mass is 287 g/mol. The van der Waals surface area contributed by atoms with Gasteiger partial charge >= 0.3 is 0 Å². The van der Waals surface area contributed by atoms with Gasteiger partial charge in [0, 0.05) is 10.6 Å². The first-order valence-corrected chi connectivity index (χ1v) is 6.06. The molecule has 1 amide bonds. The highest BCUT2D eigenvalue weighted by Crippen LogP contribution is 2.21. The summed E-state index contributed by atoms with van der Waals surface area (Å²) in [7, 11) is 0. The van der Waals surface area contributed by atoms with Crippen molar-refractivity contribution >= 4 is 23.2 Å². The van der Waals surface area contributed by atoms with E-state index in [4.69, 9.17) is 16.7 Å². The van der Waals surface area contributed by atoms with Crippen LogP contribution in [-0.4, -0.2) is 27.8 Å². The summed E-state index contributed by atoms with van der Waals surface area (Å²) in [5.74, 6) is 4.93. The first kappa shape index (κ1) is 14.0. The Hall–Kier alpha value is -2.42. The second-order valence-electron chi connectivity index (χ2n) is 3.74. The molecule has 0 fully saturated rings. The first-order valence-electron chi connectivity index (χ1n) is 5.68. The van der Waals surface area contributed by atoms with Crippen LogP contribution in [0.15, 0.2) is 36.7 Å². The summed E-state index contributed by atoms with van der Waals surface area (Å²) < 4.78 is 0. The minimum absolute atomic E-state index is 0.260. The maximum absolute atomic E-state index is 12.0. The largest absolute Gasteiger partial charge is 0.384 e. The zero-order valence-corrected chi connectivity index (χ0v) is 11.1. The topological polar surface area (TPSA) is 75.1 Å². The Morgan fingerprint density at radius 2 is 2.20 bits per heavy atom. The van der Waals surface area contributed by atoms with E-state index in [2.05, 4.69) is 27.4 Å². The molecule has 0 aliphatic heterocycles. The van der Waals surface area contributed by atoms with Crippen LogP contribution in [0.3, 0.4) is 0 Å². The Bertz CT molecular complexity index is 678. The van der Waals surface area contributed by atoms with Crippen molar-refractivity contribution in [3.05, 3.63) is 52.8 Å². The Morgan fingerprint density at radius 3 is 2.90 bits per heavy atom. The SMILES string of the molecule is O=C(Nc1cc(Cl)ccc1C#CCO)c1ccnnc1. The highest BCUT2D eigenvalue weighted by atomic mass is 35.5. The third kappa shape index (κ3) is 3.54. The number of halogens is 1. The molecule has 2 aromatic rings. The molecule has 0 saturated carbocycles. The van der Waals surface area contributed by atoms with Gasteiger partial charge in [-0.05, 0) is 24.3 Å². The summed E-state index contributed by atoms with van der Waals surface area (Å²) in [5, 5.41) is 19.2. The summed E-state index contributed by atoms with van der Waals surface area (Å²) in [4.78, 5) is 12.0. The van der Waals surface area contributed by atoms with Crippen molar-refractivity contribution in [1.29, 1.82) is 0 Å². The highest BCUT2D eigenvalue weighted by molar-refractivity contribution is 6.31. The first-order chi connectivity index (χ1) is 9.70. The second-order valence-corrected chi connectivity index (χ2v) is 4.17. The lowest BCUT2D eigenvalue weighted by Crippen LogP contribution is -2.13. The highest BCUT2D eigenvalue weighted by Gasteiger charge is 2.09. The van der Waals surface area contributed by atoms with E-state index in [-0.39, 0.29) is 12.5 Å². The normalized spacial score (nSPS) is 9.50. The fraction of sp³-hybridized carbons (Fsp3) is 0.0714. The van der Waals surface area contributed by atoms with Gasteiger partial charge in [0.25, 0.3) is 5.91 Å². The van der Waals surface area contributed by atoms with Crippen molar-refractivity contribution in [3.8, 4) is 11.8 Å². The number of benzene rings is 1. The van der Waals surface area contributed by atoms with Crippen molar-refractivity contribution < 1.29 is 9.90 Å². The fourth-order valence-electron chi connectivity index (χ4n) is 1.48. The van der Waals surface area contributed by atoms with Crippen LogP contribution in [0.4, 0.5) is 5.69 Å². The van der Waals surface area contributed by atoms with Gasteiger partial charge < -0.3 is 10.4 Å². The Morgan fingerprint density at radius 1 is 1.35 bits per heavy atom. The van der Waals surface area contributed by atoms with Gasteiger partial charge in [-0.15, -0.1) is 0 Å². The van der Waals surface area contributed by atoms with Crippen LogP contribution in [0, 0.1) is 11.8 Å². The van der Waals surface area contributed by atoms with Gasteiger partial charge in [-0.3, -0.25) is 4.79 Å². The van der Waals surface area contributed by atoms with Crippen LogP contribution in [-0.2, 0) is 0 Å². The van der Waals surface area contributed by atoms with E-state index < -0.39 is 0 Å². The summed E-state index contributed by atoms with van der Waals surface area (Å²) >= 11 is 5.91. The number of aliphatic hydroxyl groups is 1. The van der Waals surface area contributed by atoms with Gasteiger partial charge in [0.15, 0.2) is 0 Å². The van der Waals surface area contributed by atoms with Crippen molar-refractivity contribution in [2.45, 2.75) is 0 Å². The molecule has 100 valence electrons. The zero-order valence-electron chi connectivity index (χ0n) is 10.3. The lowest BCUT2D eigenvalue weighted by Gasteiger charge is -2.07. The molecule has 20 heavy (non-hydrogen) atoms. The van der Waals surface area contributed by atoms with Crippen LogP contribution >= 0.6 is 11.6 Å². The summed E-state index contributed by atoms with van der Waals surface area (Å²) in [6, 6.07) is 6.47. The predicted octanol–water partition coefficient (Wildman–Crippen LogP) is 1.73. The average Bonchev–Trinajstić information content (AvgIpc) is 2.47. The molecular formula is C14H10ClN3O2. The Balaban J connectivity index is 2.28. The second kappa shape index (κ2) is 6.66. The quantitative estimate of drug-likeness (QED) is 0.825. The molecule has 1 aromatic carbocycles. The third-order valence-electron chi connectivity index (χ3n) is 2.38. The fourth-order valence-corrected chi connectivity index (χ4v) is 1.66. The molecule has 2 rings (SSSR count). The number of aliphatic hydroxyl groups excluding tert-OH is 1. The predicted molar refractivity (Wildman–Crippen MR) is 75.4 cm³/mol. The smallest absolute Gasteiger partial charge is 0.257 e. The molecule has 0 aliphatic rings. The third-order valence-corrected chi connectivity index (χ3v) is 2.61. The number of nitrogens with one attached hydrogen (secondary N) is 1. The molecule has 0 spiro atoms. The number of nitrogens with zero attached hydrogens (tertiary/aromatic N) is 2. The van der Waals surface area contributed by atoms with Crippen LogP contribution in [0.5, 0.6) is 0 Å². The van der Waals surface area contributed by atoms with E-state index in [1.807, 2.05) is 0 Å². The van der Waals surface area contributed by atoms with E-state index in [9.17, 15) is 4.79 Å². The molecular weight excluding hydrogens is 278 g/mol. The van der Waals surface area contributed by atoms with Crippen molar-refractivity contribution in [1.82, 2.24) is 10.2 Å². The summed E-state index contributed by atoms with van der Waals surface area (Å²) in [5.41, 5.74) is 1.42. The van der Waals surface area contributed by atoms with E-state index in [1.165, 1.54) is 12.4 Å². The lowest BCUT2D eigenvalue weighted by atomic mass is 10.1. The number of rotatable bonds is 2. The molecule has 1 heterocycles. The van der Waals surface area contributed by atoms with E-state index in [0.29, 0.717) is 21.8 Å². The van der Waals surface area contributed by atoms with Crippen molar-refractivity contribution in [2.24, 2.45) is 0 Å². The lowest BCUT2D eigenvalue weighted by molar-refractivity contribution is 0.102. The van der Waals surface area contributed by atoms with Crippen molar-refractivity contribution in [3.63, 3.8) is 0 Å². The van der Waals surface area contributed by atoms with E-state index in [0.717, 1.165) is 0 Å². The maximum atomic E-state index is 12.0. The molecule has 0 radical (unpaired) electrons. The molecule has 0 unspecified atom stereocenters. The number of carbonyl (C=O) groups excluding carboxylic acids is 1. The molecule has 2 N–H and O–H groups in total. The van der Waals surface area contributed by atoms with Gasteiger partial charge in [0.1, 0.15) is 6.61 Å². The number of hydrogen-bond donors (Lipinski definition) is 2. The number of anilines is 1. The molecule has 0 bridgehead atoms. The number of hydrogen-bond acceptors (Lipinski definition) is 4. The van der Waals surface area contributed by atoms with Gasteiger partial charge in [-0.2, -0.15) is 10.2 Å². The van der Waals surface area contributed by atoms with E-state index in [1.54, 1.807) is 24.3 Å². The van der Waals surface area contributed by atoms with Crippen LogP contribution < -0.4 is 5.32 Å². The molecule has 1 aromatic heterocycles. The van der Waals surface area contributed by atoms with Gasteiger partial charge in [0.2, 0.25) is 0 Å². The number of carbonyl (C=O) groups is 1. The standard InChI is InChI=1S/C14H10ClN3O2/c15-12-4-3-10(2-1-7-19)13(8-12)18-14(20)11-5-6-16-17-9-11/h3-6,8-9,19H,7H2,(H,18,20).